The van der Waals surface area contributed by atoms with E-state index < -0.39 is 0 Å². The van der Waals surface area contributed by atoms with Crippen LogP contribution >= 0.6 is 0 Å². The maximum atomic E-state index is 5.74. The van der Waals surface area contributed by atoms with Gasteiger partial charge in [-0.15, -0.1) is 0 Å². The van der Waals surface area contributed by atoms with E-state index in [1.807, 2.05) is 30.5 Å². The Hall–Kier alpha value is -1.31. The average Bonchev–Trinajstić information content (AvgIpc) is 2.17. The van der Waals surface area contributed by atoms with Crippen molar-refractivity contribution >= 4 is 11.9 Å². The predicted octanol–water partition coefficient (Wildman–Crippen LogP) is 2.81. The summed E-state index contributed by atoms with van der Waals surface area (Å²) in [4.78, 5) is 4.35. The van der Waals surface area contributed by atoms with Gasteiger partial charge >= 0.3 is 0 Å². The molecular weight excluding hydrogens is 162 g/mol. The molecule has 2 rings (SSSR count). The molecule has 0 radical (unpaired) electrons. The molecule has 0 aromatic heterocycles. The third kappa shape index (κ3) is 1.57. The van der Waals surface area contributed by atoms with Crippen LogP contribution in [0.1, 0.15) is 13.8 Å². The first-order chi connectivity index (χ1) is 6.27. The van der Waals surface area contributed by atoms with E-state index >= 15 is 0 Å². The molecule has 0 spiro atoms. The Morgan fingerprint density at radius 1 is 1.31 bits per heavy atom. The molecule has 2 nitrogen and oxygen atoms in total. The van der Waals surface area contributed by atoms with Gasteiger partial charge in [0.15, 0.2) is 0 Å². The molecule has 0 N–H and O–H groups in total. The Morgan fingerprint density at radius 3 is 2.85 bits per heavy atom. The fourth-order valence-electron chi connectivity index (χ4n) is 1.30. The van der Waals surface area contributed by atoms with Crippen LogP contribution in [0, 0.1) is 5.92 Å². The maximum absolute atomic E-state index is 5.74. The first-order valence-corrected chi connectivity index (χ1v) is 4.57. The van der Waals surface area contributed by atoms with Crippen molar-refractivity contribution < 1.29 is 4.74 Å². The van der Waals surface area contributed by atoms with E-state index in [2.05, 4.69) is 18.8 Å². The number of nitrogens with zero attached hydrogens (tertiary/aromatic N) is 1. The number of aliphatic imine (C=N–C) groups is 1. The smallest absolute Gasteiger partial charge is 0.145 e. The number of hydrogen-bond acceptors (Lipinski definition) is 2. The van der Waals surface area contributed by atoms with Gasteiger partial charge in [-0.05, 0) is 18.1 Å². The highest BCUT2D eigenvalue weighted by Crippen LogP contribution is 2.31. The fraction of sp³-hybridized carbons (Fsp3) is 0.364. The lowest BCUT2D eigenvalue weighted by Gasteiger charge is -2.22. The van der Waals surface area contributed by atoms with Crippen LogP contribution in [0.2, 0.25) is 0 Å². The molecule has 68 valence electrons. The summed E-state index contributed by atoms with van der Waals surface area (Å²) < 4.78 is 5.74. The third-order valence-electron chi connectivity index (χ3n) is 2.15. The second-order valence-corrected chi connectivity index (χ2v) is 3.57. The molecule has 1 heterocycles. The van der Waals surface area contributed by atoms with Gasteiger partial charge in [0.1, 0.15) is 17.5 Å². The first-order valence-electron chi connectivity index (χ1n) is 4.57. The highest BCUT2D eigenvalue weighted by molar-refractivity contribution is 5.73. The summed E-state index contributed by atoms with van der Waals surface area (Å²) >= 11 is 0. The number of hydrogen-bond donors (Lipinski definition) is 0. The van der Waals surface area contributed by atoms with Crippen LogP contribution < -0.4 is 4.74 Å². The summed E-state index contributed by atoms with van der Waals surface area (Å²) in [5, 5.41) is 0. The van der Waals surface area contributed by atoms with Gasteiger partial charge in [0.25, 0.3) is 0 Å². The van der Waals surface area contributed by atoms with Crippen molar-refractivity contribution in [2.24, 2.45) is 10.9 Å². The average molecular weight is 175 g/mol. The van der Waals surface area contributed by atoms with E-state index in [0.29, 0.717) is 5.92 Å². The summed E-state index contributed by atoms with van der Waals surface area (Å²) in [5.41, 5.74) is 0.930. The first kappa shape index (κ1) is 8.30. The van der Waals surface area contributed by atoms with Gasteiger partial charge in [0.05, 0.1) is 0 Å². The van der Waals surface area contributed by atoms with Crippen molar-refractivity contribution in [3.05, 3.63) is 24.3 Å². The van der Waals surface area contributed by atoms with Gasteiger partial charge in [0.2, 0.25) is 0 Å². The monoisotopic (exact) mass is 175 g/mol. The Labute approximate surface area is 78.3 Å². The highest BCUT2D eigenvalue weighted by atomic mass is 16.5. The molecule has 13 heavy (non-hydrogen) atoms. The maximum Gasteiger partial charge on any atom is 0.145 e. The number of fused-ring (bicyclic) bond motifs is 1. The summed E-state index contributed by atoms with van der Waals surface area (Å²) in [5.74, 6) is 1.36. The summed E-state index contributed by atoms with van der Waals surface area (Å²) in [7, 11) is 0. The lowest BCUT2D eigenvalue weighted by Crippen LogP contribution is -2.26. The molecule has 0 saturated heterocycles. The van der Waals surface area contributed by atoms with Gasteiger partial charge < -0.3 is 4.74 Å². The minimum absolute atomic E-state index is 0.120. The number of ether oxygens (including phenoxy) is 1. The predicted molar refractivity (Wildman–Crippen MR) is 53.8 cm³/mol. The van der Waals surface area contributed by atoms with Crippen LogP contribution in [0.5, 0.6) is 5.75 Å². The Kier molecular flexibility index (Phi) is 2.05. The molecule has 1 aliphatic rings. The molecule has 0 saturated carbocycles. The van der Waals surface area contributed by atoms with E-state index in [1.165, 1.54) is 0 Å². The largest absolute Gasteiger partial charge is 0.482 e. The zero-order valence-electron chi connectivity index (χ0n) is 7.90. The molecule has 0 bridgehead atoms. The van der Waals surface area contributed by atoms with Crippen LogP contribution in [0.25, 0.3) is 0 Å². The van der Waals surface area contributed by atoms with Crippen molar-refractivity contribution in [1.29, 1.82) is 0 Å². The van der Waals surface area contributed by atoms with Crippen molar-refractivity contribution in [3.63, 3.8) is 0 Å². The fourth-order valence-corrected chi connectivity index (χ4v) is 1.30. The standard InChI is InChI=1S/C11H13NO/c1-8(2)11-7-12-9-5-3-4-6-10(9)13-11/h3-8,11H,1-2H3. The van der Waals surface area contributed by atoms with Crippen LogP contribution in [0.3, 0.4) is 0 Å². The second kappa shape index (κ2) is 3.21. The quantitative estimate of drug-likeness (QED) is 0.643. The molecule has 1 aliphatic heterocycles. The molecule has 1 unspecified atom stereocenters. The van der Waals surface area contributed by atoms with Gasteiger partial charge in [0, 0.05) is 6.21 Å². The van der Waals surface area contributed by atoms with E-state index in [-0.39, 0.29) is 6.10 Å². The van der Waals surface area contributed by atoms with Crippen molar-refractivity contribution in [3.8, 4) is 5.75 Å². The van der Waals surface area contributed by atoms with Crippen molar-refractivity contribution in [2.75, 3.05) is 0 Å². The lowest BCUT2D eigenvalue weighted by molar-refractivity contribution is 0.217. The van der Waals surface area contributed by atoms with Crippen LogP contribution in [0.4, 0.5) is 5.69 Å². The van der Waals surface area contributed by atoms with E-state index in [4.69, 9.17) is 4.74 Å². The minimum atomic E-state index is 0.120. The molecule has 2 heteroatoms. The van der Waals surface area contributed by atoms with E-state index in [1.54, 1.807) is 0 Å². The second-order valence-electron chi connectivity index (χ2n) is 3.57. The van der Waals surface area contributed by atoms with Gasteiger partial charge in [-0.25, -0.2) is 0 Å². The third-order valence-corrected chi connectivity index (χ3v) is 2.15. The number of rotatable bonds is 1. The van der Waals surface area contributed by atoms with Gasteiger partial charge in [-0.3, -0.25) is 4.99 Å². The highest BCUT2D eigenvalue weighted by Gasteiger charge is 2.17. The van der Waals surface area contributed by atoms with Gasteiger partial charge in [-0.2, -0.15) is 0 Å². The number of benzene rings is 1. The summed E-state index contributed by atoms with van der Waals surface area (Å²) in [6.45, 7) is 4.26. The molecular formula is C11H13NO. The Balaban J connectivity index is 2.29. The minimum Gasteiger partial charge on any atom is -0.482 e. The lowest BCUT2D eigenvalue weighted by atomic mass is 10.1. The molecule has 0 amide bonds. The van der Waals surface area contributed by atoms with Crippen LogP contribution in [0.15, 0.2) is 29.3 Å². The molecule has 0 aliphatic carbocycles. The summed E-state index contributed by atoms with van der Waals surface area (Å²) in [6.07, 6.45) is 2.00. The van der Waals surface area contributed by atoms with Crippen LogP contribution in [-0.2, 0) is 0 Å². The zero-order chi connectivity index (χ0) is 9.26. The van der Waals surface area contributed by atoms with E-state index in [9.17, 15) is 0 Å². The van der Waals surface area contributed by atoms with Crippen molar-refractivity contribution in [1.82, 2.24) is 0 Å². The van der Waals surface area contributed by atoms with Crippen LogP contribution in [-0.4, -0.2) is 12.3 Å². The molecule has 1 aromatic rings. The Morgan fingerprint density at radius 2 is 2.08 bits per heavy atom. The molecule has 1 aromatic carbocycles. The molecule has 0 fully saturated rings. The van der Waals surface area contributed by atoms with Gasteiger partial charge in [-0.1, -0.05) is 26.0 Å². The molecule has 1 atom stereocenters. The zero-order valence-corrected chi connectivity index (χ0v) is 7.90. The van der Waals surface area contributed by atoms with Crippen molar-refractivity contribution in [2.45, 2.75) is 20.0 Å². The normalized spacial score (nSPS) is 19.8. The topological polar surface area (TPSA) is 21.6 Å². The number of para-hydroxylation sites is 2. The Bertz CT molecular complexity index is 331. The SMILES string of the molecule is CC(C)C1C=Nc2ccccc2O1. The summed E-state index contributed by atoms with van der Waals surface area (Å²) in [6, 6.07) is 7.86. The van der Waals surface area contributed by atoms with E-state index in [0.717, 1.165) is 11.4 Å².